The lowest BCUT2D eigenvalue weighted by Gasteiger charge is -2.07. The monoisotopic (exact) mass is 293 g/mol. The number of aromatic nitrogens is 1. The summed E-state index contributed by atoms with van der Waals surface area (Å²) < 4.78 is 0. The van der Waals surface area contributed by atoms with Crippen molar-refractivity contribution in [3.05, 3.63) is 36.0 Å². The largest absolute Gasteiger partial charge is 0.353 e. The molecular weight excluding hydrogens is 278 g/mol. The normalized spacial score (nSPS) is 12.1. The van der Waals surface area contributed by atoms with E-state index < -0.39 is 5.38 Å². The lowest BCUT2D eigenvalue weighted by molar-refractivity contribution is -0.120. The van der Waals surface area contributed by atoms with Crippen molar-refractivity contribution in [2.24, 2.45) is 0 Å². The summed E-state index contributed by atoms with van der Waals surface area (Å²) in [6, 6.07) is 9.47. The van der Waals surface area contributed by atoms with E-state index in [-0.39, 0.29) is 11.8 Å². The number of benzene rings is 1. The van der Waals surface area contributed by atoms with E-state index in [1.165, 1.54) is 0 Å². The molecule has 0 aliphatic carbocycles. The molecule has 3 N–H and O–H groups in total. The van der Waals surface area contributed by atoms with Crippen LogP contribution in [0.4, 0.5) is 0 Å². The Morgan fingerprint density at radius 3 is 2.65 bits per heavy atom. The van der Waals surface area contributed by atoms with Gasteiger partial charge in [-0.1, -0.05) is 18.2 Å². The maximum atomic E-state index is 11.9. The summed E-state index contributed by atoms with van der Waals surface area (Å²) in [7, 11) is 0. The van der Waals surface area contributed by atoms with Crippen LogP contribution < -0.4 is 10.6 Å². The minimum atomic E-state index is -0.570. The molecule has 1 heterocycles. The predicted molar refractivity (Wildman–Crippen MR) is 79.0 cm³/mol. The van der Waals surface area contributed by atoms with Gasteiger partial charge >= 0.3 is 0 Å². The average Bonchev–Trinajstić information content (AvgIpc) is 2.86. The second-order valence-corrected chi connectivity index (χ2v) is 5.09. The van der Waals surface area contributed by atoms with Crippen LogP contribution in [0.25, 0.3) is 10.9 Å². The van der Waals surface area contributed by atoms with Crippen LogP contribution in [-0.2, 0) is 4.79 Å². The van der Waals surface area contributed by atoms with Gasteiger partial charge in [0.2, 0.25) is 5.91 Å². The van der Waals surface area contributed by atoms with E-state index in [9.17, 15) is 9.59 Å². The lowest BCUT2D eigenvalue weighted by Crippen LogP contribution is -2.37. The Hall–Kier alpha value is -2.01. The number of hydrogen-bond acceptors (Lipinski definition) is 2. The van der Waals surface area contributed by atoms with Crippen LogP contribution in [0.2, 0.25) is 0 Å². The topological polar surface area (TPSA) is 74.0 Å². The van der Waals surface area contributed by atoms with Gasteiger partial charge in [0.15, 0.2) is 0 Å². The lowest BCUT2D eigenvalue weighted by atomic mass is 10.2. The number of fused-ring (bicyclic) bond motifs is 1. The molecule has 5 nitrogen and oxygen atoms in total. The number of amides is 2. The fourth-order valence-electron chi connectivity index (χ4n) is 1.79. The van der Waals surface area contributed by atoms with Gasteiger partial charge in [0.1, 0.15) is 11.1 Å². The maximum absolute atomic E-state index is 11.9. The zero-order valence-corrected chi connectivity index (χ0v) is 11.8. The van der Waals surface area contributed by atoms with Crippen LogP contribution in [0.5, 0.6) is 0 Å². The molecule has 1 aromatic carbocycles. The smallest absolute Gasteiger partial charge is 0.267 e. The highest BCUT2D eigenvalue weighted by atomic mass is 35.5. The number of H-pyrrole nitrogens is 1. The third-order valence-corrected chi connectivity index (χ3v) is 3.04. The van der Waals surface area contributed by atoms with E-state index in [1.54, 1.807) is 13.0 Å². The molecule has 1 atom stereocenters. The van der Waals surface area contributed by atoms with Crippen molar-refractivity contribution < 1.29 is 9.59 Å². The van der Waals surface area contributed by atoms with Crippen LogP contribution in [0, 0.1) is 0 Å². The summed E-state index contributed by atoms with van der Waals surface area (Å²) in [5.74, 6) is -0.444. The van der Waals surface area contributed by atoms with Crippen molar-refractivity contribution in [3.63, 3.8) is 0 Å². The Labute approximate surface area is 121 Å². The van der Waals surface area contributed by atoms with Gasteiger partial charge in [-0.25, -0.2) is 0 Å². The van der Waals surface area contributed by atoms with Gasteiger partial charge in [0.25, 0.3) is 5.91 Å². The van der Waals surface area contributed by atoms with E-state index >= 15 is 0 Å². The van der Waals surface area contributed by atoms with E-state index in [0.29, 0.717) is 18.8 Å². The van der Waals surface area contributed by atoms with E-state index in [2.05, 4.69) is 15.6 Å². The number of rotatable bonds is 5. The highest BCUT2D eigenvalue weighted by molar-refractivity contribution is 6.30. The Morgan fingerprint density at radius 2 is 1.95 bits per heavy atom. The average molecular weight is 294 g/mol. The molecule has 2 amide bonds. The summed E-state index contributed by atoms with van der Waals surface area (Å²) in [5, 5.41) is 5.76. The first-order valence-corrected chi connectivity index (χ1v) is 6.79. The first kappa shape index (κ1) is 14.4. The van der Waals surface area contributed by atoms with Crippen molar-refractivity contribution in [2.75, 3.05) is 13.1 Å². The number of para-hydroxylation sites is 1. The van der Waals surface area contributed by atoms with Crippen molar-refractivity contribution in [2.45, 2.75) is 12.3 Å². The molecule has 0 aliphatic heterocycles. The molecule has 6 heteroatoms. The summed E-state index contributed by atoms with van der Waals surface area (Å²) in [6.07, 6.45) is 0. The summed E-state index contributed by atoms with van der Waals surface area (Å²) in [6.45, 7) is 2.30. The highest BCUT2D eigenvalue weighted by Gasteiger charge is 2.10. The zero-order chi connectivity index (χ0) is 14.5. The second-order valence-electron chi connectivity index (χ2n) is 4.43. The number of halogens is 1. The molecule has 0 radical (unpaired) electrons. The molecule has 0 aliphatic rings. The molecule has 0 fully saturated rings. The van der Waals surface area contributed by atoms with Gasteiger partial charge < -0.3 is 15.6 Å². The number of hydrogen-bond donors (Lipinski definition) is 3. The highest BCUT2D eigenvalue weighted by Crippen LogP contribution is 2.14. The molecule has 0 saturated carbocycles. The minimum Gasteiger partial charge on any atom is -0.353 e. The van der Waals surface area contributed by atoms with Gasteiger partial charge in [0, 0.05) is 24.0 Å². The molecular formula is C14H16ClN3O2. The van der Waals surface area contributed by atoms with Crippen LogP contribution in [0.3, 0.4) is 0 Å². The molecule has 1 aromatic heterocycles. The first-order valence-electron chi connectivity index (χ1n) is 6.35. The first-order chi connectivity index (χ1) is 9.58. The Balaban J connectivity index is 1.84. The van der Waals surface area contributed by atoms with E-state index in [4.69, 9.17) is 11.6 Å². The standard InChI is InChI=1S/C14H16ClN3O2/c1-9(15)13(19)16-6-7-17-14(20)12-8-10-4-2-3-5-11(10)18-12/h2-5,8-9,18H,6-7H2,1H3,(H,16,19)(H,17,20). The third-order valence-electron chi connectivity index (χ3n) is 2.85. The van der Waals surface area contributed by atoms with Gasteiger partial charge in [0.05, 0.1) is 0 Å². The molecule has 1 unspecified atom stereocenters. The number of carbonyl (C=O) groups is 2. The van der Waals surface area contributed by atoms with Crippen LogP contribution >= 0.6 is 11.6 Å². The zero-order valence-electron chi connectivity index (χ0n) is 11.1. The van der Waals surface area contributed by atoms with E-state index in [0.717, 1.165) is 10.9 Å². The minimum absolute atomic E-state index is 0.200. The Bertz CT molecular complexity index is 589. The summed E-state index contributed by atoms with van der Waals surface area (Å²) >= 11 is 5.61. The summed E-state index contributed by atoms with van der Waals surface area (Å²) in [5.41, 5.74) is 1.42. The molecule has 106 valence electrons. The predicted octanol–water partition coefficient (Wildman–Crippen LogP) is 1.64. The number of aromatic amines is 1. The van der Waals surface area contributed by atoms with Crippen molar-refractivity contribution in [1.29, 1.82) is 0 Å². The van der Waals surface area contributed by atoms with Crippen molar-refractivity contribution in [1.82, 2.24) is 15.6 Å². The van der Waals surface area contributed by atoms with Crippen molar-refractivity contribution in [3.8, 4) is 0 Å². The van der Waals surface area contributed by atoms with Gasteiger partial charge in [-0.3, -0.25) is 9.59 Å². The maximum Gasteiger partial charge on any atom is 0.267 e. The quantitative estimate of drug-likeness (QED) is 0.579. The molecule has 2 aromatic rings. The molecule has 0 spiro atoms. The fraction of sp³-hybridized carbons (Fsp3) is 0.286. The molecule has 2 rings (SSSR count). The van der Waals surface area contributed by atoms with Gasteiger partial charge in [-0.15, -0.1) is 11.6 Å². The molecule has 20 heavy (non-hydrogen) atoms. The van der Waals surface area contributed by atoms with Gasteiger partial charge in [-0.05, 0) is 19.1 Å². The Kier molecular flexibility index (Phi) is 4.63. The van der Waals surface area contributed by atoms with E-state index in [1.807, 2.05) is 24.3 Å². The second kappa shape index (κ2) is 6.43. The van der Waals surface area contributed by atoms with Crippen LogP contribution in [0.1, 0.15) is 17.4 Å². The SMILES string of the molecule is CC(Cl)C(=O)NCCNC(=O)c1cc2ccccc2[nH]1. The number of alkyl halides is 1. The number of carbonyl (C=O) groups excluding carboxylic acids is 2. The van der Waals surface area contributed by atoms with Gasteiger partial charge in [-0.2, -0.15) is 0 Å². The third kappa shape index (κ3) is 3.51. The van der Waals surface area contributed by atoms with Crippen molar-refractivity contribution >= 4 is 34.3 Å². The fourth-order valence-corrected chi connectivity index (χ4v) is 1.87. The number of nitrogens with one attached hydrogen (secondary N) is 3. The van der Waals surface area contributed by atoms with Crippen LogP contribution in [0.15, 0.2) is 30.3 Å². The Morgan fingerprint density at radius 1 is 1.25 bits per heavy atom. The molecule has 0 saturated heterocycles. The van der Waals surface area contributed by atoms with Crippen LogP contribution in [-0.4, -0.2) is 35.3 Å². The molecule has 0 bridgehead atoms. The summed E-state index contributed by atoms with van der Waals surface area (Å²) in [4.78, 5) is 26.2.